The summed E-state index contributed by atoms with van der Waals surface area (Å²) in [5.41, 5.74) is 2.80. The van der Waals surface area contributed by atoms with Gasteiger partial charge in [-0.3, -0.25) is 0 Å². The van der Waals surface area contributed by atoms with Gasteiger partial charge in [0.1, 0.15) is 0 Å². The van der Waals surface area contributed by atoms with Gasteiger partial charge in [-0.2, -0.15) is 0 Å². The van der Waals surface area contributed by atoms with Crippen LogP contribution in [0.4, 0.5) is 0 Å². The van der Waals surface area contributed by atoms with Gasteiger partial charge >= 0.3 is 0 Å². The van der Waals surface area contributed by atoms with Crippen LogP contribution in [0.25, 0.3) is 0 Å². The maximum Gasteiger partial charge on any atom is 0.0654 e. The van der Waals surface area contributed by atoms with Gasteiger partial charge in [-0.05, 0) is 23.0 Å². The molecule has 0 saturated carbocycles. The third kappa shape index (κ3) is 1.46. The molecule has 1 aliphatic carbocycles. The molecule has 0 fully saturated rings. The minimum atomic E-state index is -0.201. The van der Waals surface area contributed by atoms with Gasteiger partial charge < -0.3 is 5.11 Å². The summed E-state index contributed by atoms with van der Waals surface area (Å²) >= 11 is 0. The topological polar surface area (TPSA) is 20.2 Å². The van der Waals surface area contributed by atoms with Crippen molar-refractivity contribution in [1.82, 2.24) is 0 Å². The first-order chi connectivity index (χ1) is 6.50. The molecule has 1 heteroatoms. The molecular formula is C13H18O. The number of aliphatic hydroxyl groups excluding tert-OH is 1. The molecule has 76 valence electrons. The first-order valence-electron chi connectivity index (χ1n) is 5.26. The average molecular weight is 190 g/mol. The molecule has 1 aromatic rings. The normalized spacial score (nSPS) is 26.3. The van der Waals surface area contributed by atoms with Crippen LogP contribution in [-0.2, 0) is 6.42 Å². The maximum atomic E-state index is 10.0. The Kier molecular flexibility index (Phi) is 2.15. The predicted molar refractivity (Wildman–Crippen MR) is 58.3 cm³/mol. The number of aliphatic hydroxyl groups is 1. The van der Waals surface area contributed by atoms with E-state index in [1.165, 1.54) is 11.1 Å². The van der Waals surface area contributed by atoms with Crippen molar-refractivity contribution in [3.8, 4) is 0 Å². The Morgan fingerprint density at radius 3 is 2.50 bits per heavy atom. The molecule has 0 bridgehead atoms. The van der Waals surface area contributed by atoms with Gasteiger partial charge in [0.25, 0.3) is 0 Å². The Labute approximate surface area is 85.8 Å². The summed E-state index contributed by atoms with van der Waals surface area (Å²) in [5.74, 6) is 0.290. The van der Waals surface area contributed by atoms with E-state index in [9.17, 15) is 5.11 Å². The number of benzene rings is 1. The lowest BCUT2D eigenvalue weighted by Gasteiger charge is -2.30. The third-order valence-corrected chi connectivity index (χ3v) is 3.14. The molecular weight excluding hydrogens is 172 g/mol. The lowest BCUT2D eigenvalue weighted by Crippen LogP contribution is -2.26. The van der Waals surface area contributed by atoms with Crippen LogP contribution in [0.2, 0.25) is 0 Å². The summed E-state index contributed by atoms with van der Waals surface area (Å²) in [6.07, 6.45) is 0.616. The predicted octanol–water partition coefficient (Wildman–Crippen LogP) is 2.73. The SMILES string of the molecule is CC(C)(C)C1c2ccccc2CC1O. The van der Waals surface area contributed by atoms with Gasteiger partial charge in [0, 0.05) is 5.92 Å². The fourth-order valence-electron chi connectivity index (χ4n) is 2.62. The van der Waals surface area contributed by atoms with Crippen molar-refractivity contribution in [3.63, 3.8) is 0 Å². The average Bonchev–Trinajstić information content (AvgIpc) is 2.38. The van der Waals surface area contributed by atoms with E-state index in [-0.39, 0.29) is 11.5 Å². The maximum absolute atomic E-state index is 10.0. The number of fused-ring (bicyclic) bond motifs is 1. The molecule has 1 N–H and O–H groups in total. The molecule has 0 radical (unpaired) electrons. The Morgan fingerprint density at radius 1 is 1.21 bits per heavy atom. The molecule has 1 aliphatic rings. The van der Waals surface area contributed by atoms with E-state index in [0.29, 0.717) is 5.92 Å². The van der Waals surface area contributed by atoms with Gasteiger partial charge in [0.15, 0.2) is 0 Å². The molecule has 1 aromatic carbocycles. The molecule has 2 rings (SSSR count). The van der Waals surface area contributed by atoms with E-state index in [2.05, 4.69) is 45.0 Å². The Bertz CT molecular complexity index is 335. The zero-order valence-corrected chi connectivity index (χ0v) is 9.12. The minimum absolute atomic E-state index is 0.145. The zero-order valence-electron chi connectivity index (χ0n) is 9.12. The Morgan fingerprint density at radius 2 is 1.86 bits per heavy atom. The number of hydrogen-bond acceptors (Lipinski definition) is 1. The largest absolute Gasteiger partial charge is 0.392 e. The highest BCUT2D eigenvalue weighted by Crippen LogP contribution is 2.44. The van der Waals surface area contributed by atoms with E-state index < -0.39 is 0 Å². The monoisotopic (exact) mass is 190 g/mol. The summed E-state index contributed by atoms with van der Waals surface area (Å²) in [6.45, 7) is 6.59. The van der Waals surface area contributed by atoms with Crippen molar-refractivity contribution in [2.75, 3.05) is 0 Å². The second kappa shape index (κ2) is 3.09. The highest BCUT2D eigenvalue weighted by atomic mass is 16.3. The van der Waals surface area contributed by atoms with Gasteiger partial charge in [0.05, 0.1) is 6.10 Å². The van der Waals surface area contributed by atoms with Crippen LogP contribution < -0.4 is 0 Å². The van der Waals surface area contributed by atoms with Crippen LogP contribution in [0.3, 0.4) is 0 Å². The minimum Gasteiger partial charge on any atom is -0.392 e. The lowest BCUT2D eigenvalue weighted by molar-refractivity contribution is 0.104. The zero-order chi connectivity index (χ0) is 10.3. The lowest BCUT2D eigenvalue weighted by atomic mass is 9.76. The number of hydrogen-bond donors (Lipinski definition) is 1. The van der Waals surface area contributed by atoms with Crippen LogP contribution in [0, 0.1) is 5.41 Å². The second-order valence-electron chi connectivity index (χ2n) is 5.31. The third-order valence-electron chi connectivity index (χ3n) is 3.14. The van der Waals surface area contributed by atoms with E-state index in [4.69, 9.17) is 0 Å². The first kappa shape index (κ1) is 9.72. The fraction of sp³-hybridized carbons (Fsp3) is 0.538. The van der Waals surface area contributed by atoms with Crippen molar-refractivity contribution in [1.29, 1.82) is 0 Å². The van der Waals surface area contributed by atoms with Gasteiger partial charge in [-0.25, -0.2) is 0 Å². The molecule has 2 atom stereocenters. The molecule has 0 saturated heterocycles. The summed E-state index contributed by atoms with van der Waals surface area (Å²) in [7, 11) is 0. The molecule has 0 aromatic heterocycles. The van der Waals surface area contributed by atoms with Crippen molar-refractivity contribution in [2.45, 2.75) is 39.2 Å². The first-order valence-corrected chi connectivity index (χ1v) is 5.26. The fourth-order valence-corrected chi connectivity index (χ4v) is 2.62. The highest BCUT2D eigenvalue weighted by molar-refractivity contribution is 5.38. The van der Waals surface area contributed by atoms with E-state index in [1.54, 1.807) is 0 Å². The molecule has 0 heterocycles. The van der Waals surface area contributed by atoms with Crippen molar-refractivity contribution in [3.05, 3.63) is 35.4 Å². The molecule has 0 amide bonds. The van der Waals surface area contributed by atoms with Crippen molar-refractivity contribution >= 4 is 0 Å². The second-order valence-corrected chi connectivity index (χ2v) is 5.31. The summed E-state index contributed by atoms with van der Waals surface area (Å²) in [6, 6.07) is 8.40. The van der Waals surface area contributed by atoms with Crippen LogP contribution in [0.1, 0.15) is 37.8 Å². The van der Waals surface area contributed by atoms with Gasteiger partial charge in [0.2, 0.25) is 0 Å². The summed E-state index contributed by atoms with van der Waals surface area (Å²) in [4.78, 5) is 0. The van der Waals surface area contributed by atoms with E-state index in [0.717, 1.165) is 6.42 Å². The number of rotatable bonds is 0. The standard InChI is InChI=1S/C13H18O/c1-13(2,3)12-10-7-5-4-6-9(10)8-11(12)14/h4-7,11-12,14H,8H2,1-3H3. The molecule has 0 aliphatic heterocycles. The molecule has 2 unspecified atom stereocenters. The quantitative estimate of drug-likeness (QED) is 0.667. The summed E-state index contributed by atoms with van der Waals surface area (Å²) in [5, 5.41) is 10.0. The summed E-state index contributed by atoms with van der Waals surface area (Å²) < 4.78 is 0. The molecule has 1 nitrogen and oxygen atoms in total. The van der Waals surface area contributed by atoms with Crippen LogP contribution in [-0.4, -0.2) is 11.2 Å². The van der Waals surface area contributed by atoms with E-state index in [1.807, 2.05) is 0 Å². The van der Waals surface area contributed by atoms with Crippen molar-refractivity contribution < 1.29 is 5.11 Å². The van der Waals surface area contributed by atoms with E-state index >= 15 is 0 Å². The Hall–Kier alpha value is -0.820. The highest BCUT2D eigenvalue weighted by Gasteiger charge is 2.38. The van der Waals surface area contributed by atoms with Gasteiger partial charge in [-0.1, -0.05) is 45.0 Å². The van der Waals surface area contributed by atoms with Crippen LogP contribution in [0.5, 0.6) is 0 Å². The van der Waals surface area contributed by atoms with Crippen LogP contribution >= 0.6 is 0 Å². The Balaban J connectivity index is 2.45. The smallest absolute Gasteiger partial charge is 0.0654 e. The van der Waals surface area contributed by atoms with Gasteiger partial charge in [-0.15, -0.1) is 0 Å². The molecule has 14 heavy (non-hydrogen) atoms. The van der Waals surface area contributed by atoms with Crippen molar-refractivity contribution in [2.24, 2.45) is 5.41 Å². The van der Waals surface area contributed by atoms with Crippen LogP contribution in [0.15, 0.2) is 24.3 Å². The molecule has 0 spiro atoms.